The third kappa shape index (κ3) is 5.40. The summed E-state index contributed by atoms with van der Waals surface area (Å²) in [4.78, 5) is 21.7. The second-order valence-electron chi connectivity index (χ2n) is 6.69. The lowest BCUT2D eigenvalue weighted by molar-refractivity contribution is -0.388. The highest BCUT2D eigenvalue weighted by atomic mass is 19.1. The molecule has 0 bridgehead atoms. The Labute approximate surface area is 155 Å². The average Bonchev–Trinajstić information content (AvgIpc) is 3.00. The predicted molar refractivity (Wildman–Crippen MR) is 95.1 cm³/mol. The van der Waals surface area contributed by atoms with Crippen LogP contribution < -0.4 is 10.1 Å². The van der Waals surface area contributed by atoms with E-state index >= 15 is 0 Å². The highest BCUT2D eigenvalue weighted by Crippen LogP contribution is 2.34. The number of nitrogens with one attached hydrogen (secondary N) is 1. The SMILES string of the molecule is COc1cc(-c2cnn(CCNC(=O)OC(C)(C)C)c2)cc(F)c1[N+](=O)[O-]. The van der Waals surface area contributed by atoms with Gasteiger partial charge in [0.15, 0.2) is 0 Å². The first-order chi connectivity index (χ1) is 12.6. The van der Waals surface area contributed by atoms with Crippen LogP contribution in [0.2, 0.25) is 0 Å². The predicted octanol–water partition coefficient (Wildman–Crippen LogP) is 3.13. The number of aromatic nitrogens is 2. The number of nitro benzene ring substituents is 1. The van der Waals surface area contributed by atoms with Crippen LogP contribution in [0.3, 0.4) is 0 Å². The number of hydrogen-bond donors (Lipinski definition) is 1. The first kappa shape index (κ1) is 20.1. The van der Waals surface area contributed by atoms with E-state index < -0.39 is 28.1 Å². The molecule has 1 aromatic carbocycles. The van der Waals surface area contributed by atoms with E-state index in [9.17, 15) is 19.3 Å². The monoisotopic (exact) mass is 380 g/mol. The van der Waals surface area contributed by atoms with Gasteiger partial charge in [-0.3, -0.25) is 14.8 Å². The third-order valence-corrected chi connectivity index (χ3v) is 3.41. The van der Waals surface area contributed by atoms with Crippen LogP contribution in [0.5, 0.6) is 5.75 Å². The first-order valence-electron chi connectivity index (χ1n) is 8.12. The van der Waals surface area contributed by atoms with Crippen LogP contribution >= 0.6 is 0 Å². The van der Waals surface area contributed by atoms with Crippen molar-refractivity contribution in [3.8, 4) is 16.9 Å². The molecular formula is C17H21FN4O5. The summed E-state index contributed by atoms with van der Waals surface area (Å²) in [6, 6.07) is 2.43. The number of nitro groups is 1. The number of carbonyl (C=O) groups excluding carboxylic acids is 1. The molecule has 0 unspecified atom stereocenters. The Morgan fingerprint density at radius 2 is 2.07 bits per heavy atom. The summed E-state index contributed by atoms with van der Waals surface area (Å²) in [6.45, 7) is 5.96. The molecule has 2 aromatic rings. The number of benzene rings is 1. The Balaban J connectivity index is 2.06. The molecule has 2 rings (SSSR count). The molecule has 0 saturated heterocycles. The van der Waals surface area contributed by atoms with Gasteiger partial charge in [0.05, 0.1) is 24.8 Å². The largest absolute Gasteiger partial charge is 0.490 e. The van der Waals surface area contributed by atoms with Crippen LogP contribution in [0.25, 0.3) is 11.1 Å². The summed E-state index contributed by atoms with van der Waals surface area (Å²) in [5, 5.41) is 17.7. The molecule has 0 radical (unpaired) electrons. The highest BCUT2D eigenvalue weighted by molar-refractivity contribution is 5.68. The maximum Gasteiger partial charge on any atom is 0.407 e. The fourth-order valence-corrected chi connectivity index (χ4v) is 2.29. The van der Waals surface area contributed by atoms with Gasteiger partial charge in [-0.05, 0) is 38.5 Å². The summed E-state index contributed by atoms with van der Waals surface area (Å²) >= 11 is 0. The lowest BCUT2D eigenvalue weighted by atomic mass is 10.1. The number of halogens is 1. The van der Waals surface area contributed by atoms with E-state index in [1.807, 2.05) is 0 Å². The van der Waals surface area contributed by atoms with Crippen LogP contribution in [-0.4, -0.2) is 40.1 Å². The lowest BCUT2D eigenvalue weighted by Gasteiger charge is -2.19. The minimum atomic E-state index is -0.992. The van der Waals surface area contributed by atoms with Crippen LogP contribution in [0.1, 0.15) is 20.8 Å². The van der Waals surface area contributed by atoms with E-state index in [0.29, 0.717) is 17.7 Å². The number of alkyl carbamates (subject to hydrolysis) is 1. The van der Waals surface area contributed by atoms with E-state index in [1.165, 1.54) is 19.4 Å². The summed E-state index contributed by atoms with van der Waals surface area (Å²) in [7, 11) is 1.23. The molecule has 0 spiro atoms. The van der Waals surface area contributed by atoms with Crippen molar-refractivity contribution in [2.45, 2.75) is 32.9 Å². The van der Waals surface area contributed by atoms with Crippen LogP contribution in [0, 0.1) is 15.9 Å². The minimum absolute atomic E-state index is 0.172. The van der Waals surface area contributed by atoms with Crippen molar-refractivity contribution in [3.05, 3.63) is 40.5 Å². The van der Waals surface area contributed by atoms with Crippen molar-refractivity contribution in [1.29, 1.82) is 0 Å². The zero-order valence-corrected chi connectivity index (χ0v) is 15.5. The number of methoxy groups -OCH3 is 1. The summed E-state index contributed by atoms with van der Waals surface area (Å²) in [6.07, 6.45) is 2.60. The topological polar surface area (TPSA) is 109 Å². The second kappa shape index (κ2) is 8.02. The van der Waals surface area contributed by atoms with Gasteiger partial charge in [-0.2, -0.15) is 9.49 Å². The molecule has 1 heterocycles. The number of hydrogen-bond acceptors (Lipinski definition) is 6. The number of amides is 1. The normalized spacial score (nSPS) is 11.1. The molecule has 146 valence electrons. The number of carbonyl (C=O) groups is 1. The van der Waals surface area contributed by atoms with Crippen molar-refractivity contribution >= 4 is 11.8 Å². The molecule has 1 amide bonds. The summed E-state index contributed by atoms with van der Waals surface area (Å²) in [5.41, 5.74) is -0.349. The zero-order valence-electron chi connectivity index (χ0n) is 15.5. The van der Waals surface area contributed by atoms with Gasteiger partial charge in [0, 0.05) is 18.3 Å². The van der Waals surface area contributed by atoms with Gasteiger partial charge in [-0.15, -0.1) is 0 Å². The number of ether oxygens (including phenoxy) is 2. The van der Waals surface area contributed by atoms with Gasteiger partial charge in [0.1, 0.15) is 5.60 Å². The minimum Gasteiger partial charge on any atom is -0.490 e. The second-order valence-corrected chi connectivity index (χ2v) is 6.69. The average molecular weight is 380 g/mol. The molecule has 0 fully saturated rings. The summed E-state index contributed by atoms with van der Waals surface area (Å²) < 4.78 is 25.7. The van der Waals surface area contributed by atoms with Gasteiger partial charge in [-0.1, -0.05) is 0 Å². The van der Waals surface area contributed by atoms with Crippen molar-refractivity contribution in [1.82, 2.24) is 15.1 Å². The molecule has 9 nitrogen and oxygen atoms in total. The molecule has 1 N–H and O–H groups in total. The van der Waals surface area contributed by atoms with Gasteiger partial charge in [0.25, 0.3) is 0 Å². The standard InChI is InChI=1S/C17H21FN4O5/c1-17(2,3)27-16(23)19-5-6-21-10-12(9-20-21)11-7-13(18)15(22(24)25)14(8-11)26-4/h7-10H,5-6H2,1-4H3,(H,19,23). The van der Waals surface area contributed by atoms with E-state index in [4.69, 9.17) is 9.47 Å². The van der Waals surface area contributed by atoms with Gasteiger partial charge in [0.2, 0.25) is 11.6 Å². The van der Waals surface area contributed by atoms with E-state index in [2.05, 4.69) is 10.4 Å². The Hall–Kier alpha value is -3.17. The first-order valence-corrected chi connectivity index (χ1v) is 8.12. The van der Waals surface area contributed by atoms with Crippen LogP contribution in [0.15, 0.2) is 24.5 Å². The van der Waals surface area contributed by atoms with Crippen molar-refractivity contribution in [2.24, 2.45) is 0 Å². The molecule has 0 atom stereocenters. The number of rotatable bonds is 6. The van der Waals surface area contributed by atoms with Crippen molar-refractivity contribution in [2.75, 3.05) is 13.7 Å². The fraction of sp³-hybridized carbons (Fsp3) is 0.412. The van der Waals surface area contributed by atoms with Crippen LogP contribution in [-0.2, 0) is 11.3 Å². The summed E-state index contributed by atoms with van der Waals surface area (Å²) in [5.74, 6) is -1.16. The van der Waals surface area contributed by atoms with Crippen molar-refractivity contribution in [3.63, 3.8) is 0 Å². The smallest absolute Gasteiger partial charge is 0.407 e. The quantitative estimate of drug-likeness (QED) is 0.609. The molecule has 0 aliphatic carbocycles. The van der Waals surface area contributed by atoms with E-state index in [0.717, 1.165) is 6.07 Å². The lowest BCUT2D eigenvalue weighted by Crippen LogP contribution is -2.34. The maximum absolute atomic E-state index is 14.1. The third-order valence-electron chi connectivity index (χ3n) is 3.41. The molecule has 0 aliphatic heterocycles. The van der Waals surface area contributed by atoms with E-state index in [1.54, 1.807) is 31.6 Å². The molecular weight excluding hydrogens is 359 g/mol. The molecule has 0 saturated carbocycles. The molecule has 1 aromatic heterocycles. The van der Waals surface area contributed by atoms with Gasteiger partial charge in [-0.25, -0.2) is 4.79 Å². The molecule has 0 aliphatic rings. The number of nitrogens with zero attached hydrogens (tertiary/aromatic N) is 3. The maximum atomic E-state index is 14.1. The zero-order chi connectivity index (χ0) is 20.2. The van der Waals surface area contributed by atoms with Gasteiger partial charge >= 0.3 is 11.8 Å². The Kier molecular flexibility index (Phi) is 5.98. The highest BCUT2D eigenvalue weighted by Gasteiger charge is 2.23. The fourth-order valence-electron chi connectivity index (χ4n) is 2.29. The van der Waals surface area contributed by atoms with Gasteiger partial charge < -0.3 is 14.8 Å². The van der Waals surface area contributed by atoms with E-state index in [-0.39, 0.29) is 12.3 Å². The van der Waals surface area contributed by atoms with Crippen molar-refractivity contribution < 1.29 is 23.6 Å². The Morgan fingerprint density at radius 1 is 1.37 bits per heavy atom. The Morgan fingerprint density at radius 3 is 2.67 bits per heavy atom. The molecule has 10 heteroatoms. The Bertz CT molecular complexity index is 844. The van der Waals surface area contributed by atoms with Crippen LogP contribution in [0.4, 0.5) is 14.9 Å². The molecule has 27 heavy (non-hydrogen) atoms.